The van der Waals surface area contributed by atoms with Gasteiger partial charge >= 0.3 is 0 Å². The van der Waals surface area contributed by atoms with Gasteiger partial charge in [-0.15, -0.1) is 20.4 Å². The minimum Gasteiger partial charge on any atom is -0.307 e. The minimum atomic E-state index is 0.640. The van der Waals surface area contributed by atoms with Crippen LogP contribution in [0.5, 0.6) is 0 Å². The third-order valence-corrected chi connectivity index (χ3v) is 7.28. The van der Waals surface area contributed by atoms with E-state index in [1.54, 1.807) is 11.8 Å². The van der Waals surface area contributed by atoms with Crippen molar-refractivity contribution in [3.63, 3.8) is 0 Å². The van der Waals surface area contributed by atoms with Crippen molar-refractivity contribution in [2.24, 2.45) is 0 Å². The number of benzene rings is 2. The van der Waals surface area contributed by atoms with E-state index in [4.69, 9.17) is 11.6 Å². The molecule has 1 aliphatic rings. The second-order valence-electron chi connectivity index (χ2n) is 8.05. The van der Waals surface area contributed by atoms with Crippen LogP contribution in [0.3, 0.4) is 0 Å². The van der Waals surface area contributed by atoms with Crippen LogP contribution >= 0.6 is 23.4 Å². The highest BCUT2D eigenvalue weighted by Gasteiger charge is 2.14. The van der Waals surface area contributed by atoms with Gasteiger partial charge in [0, 0.05) is 22.9 Å². The molecule has 2 aromatic carbocycles. The van der Waals surface area contributed by atoms with E-state index in [2.05, 4.69) is 50.8 Å². The van der Waals surface area contributed by atoms with Gasteiger partial charge in [-0.25, -0.2) is 0 Å². The predicted octanol–water partition coefficient (Wildman–Crippen LogP) is 6.32. The lowest BCUT2D eigenvalue weighted by Crippen LogP contribution is -2.05. The van der Waals surface area contributed by atoms with Crippen molar-refractivity contribution in [3.8, 4) is 11.3 Å². The Hall–Kier alpha value is -2.90. The van der Waals surface area contributed by atoms with Crippen LogP contribution in [-0.4, -0.2) is 25.0 Å². The van der Waals surface area contributed by atoms with E-state index in [-0.39, 0.29) is 0 Å². The largest absolute Gasteiger partial charge is 0.307 e. The Kier molecular flexibility index (Phi) is 6.60. The van der Waals surface area contributed by atoms with E-state index in [0.29, 0.717) is 11.8 Å². The molecule has 0 radical (unpaired) electrons. The van der Waals surface area contributed by atoms with Crippen molar-refractivity contribution in [1.82, 2.24) is 25.0 Å². The smallest absolute Gasteiger partial charge is 0.230 e. The first kappa shape index (κ1) is 21.9. The SMILES string of the molecule is CCn1c(Nc2ccc(-c3ccc4c(c3)CCCC4)nn2)nnc1SCc1ccccc1Cl. The zero-order chi connectivity index (χ0) is 22.6. The van der Waals surface area contributed by atoms with Gasteiger partial charge in [-0.1, -0.05) is 53.7 Å². The summed E-state index contributed by atoms with van der Waals surface area (Å²) in [5.74, 6) is 2.02. The van der Waals surface area contributed by atoms with Crippen LogP contribution in [0.25, 0.3) is 11.3 Å². The number of aryl methyl sites for hydroxylation is 2. The molecule has 168 valence electrons. The number of rotatable bonds is 7. The molecule has 0 saturated heterocycles. The number of aromatic nitrogens is 5. The summed E-state index contributed by atoms with van der Waals surface area (Å²) in [6.07, 6.45) is 4.89. The molecule has 1 aliphatic carbocycles. The molecule has 0 bridgehead atoms. The summed E-state index contributed by atoms with van der Waals surface area (Å²) < 4.78 is 2.03. The molecule has 0 unspecified atom stereocenters. The fourth-order valence-corrected chi connectivity index (χ4v) is 5.38. The van der Waals surface area contributed by atoms with Crippen LogP contribution in [0.1, 0.15) is 36.5 Å². The molecular formula is C25H25ClN6S. The van der Waals surface area contributed by atoms with Crippen molar-refractivity contribution < 1.29 is 0 Å². The van der Waals surface area contributed by atoms with E-state index < -0.39 is 0 Å². The van der Waals surface area contributed by atoms with E-state index in [1.165, 1.54) is 30.4 Å². The van der Waals surface area contributed by atoms with Crippen molar-refractivity contribution in [3.05, 3.63) is 76.3 Å². The van der Waals surface area contributed by atoms with Crippen LogP contribution in [0.4, 0.5) is 11.8 Å². The highest BCUT2D eigenvalue weighted by Crippen LogP contribution is 2.29. The first-order chi connectivity index (χ1) is 16.2. The zero-order valence-corrected chi connectivity index (χ0v) is 20.0. The Morgan fingerprint density at radius 1 is 0.939 bits per heavy atom. The summed E-state index contributed by atoms with van der Waals surface area (Å²) in [6, 6.07) is 18.5. The standard InChI is InChI=1S/C25H25ClN6S/c1-2-32-24(30-31-25(32)33-16-20-9-5-6-10-21(20)26)27-23-14-13-22(28-29-23)19-12-11-17-7-3-4-8-18(17)15-19/h5-6,9-15H,2-4,7-8,16H2,1H3,(H,27,29,30). The summed E-state index contributed by atoms with van der Waals surface area (Å²) in [5, 5.41) is 22.4. The Labute approximate surface area is 202 Å². The molecule has 2 heterocycles. The topological polar surface area (TPSA) is 68.5 Å². The van der Waals surface area contributed by atoms with Crippen molar-refractivity contribution >= 4 is 35.1 Å². The number of anilines is 2. The fourth-order valence-electron chi connectivity index (χ4n) is 4.09. The zero-order valence-electron chi connectivity index (χ0n) is 18.5. The molecule has 0 spiro atoms. The van der Waals surface area contributed by atoms with Gasteiger partial charge in [0.2, 0.25) is 5.95 Å². The second kappa shape index (κ2) is 9.93. The second-order valence-corrected chi connectivity index (χ2v) is 9.40. The number of fused-ring (bicyclic) bond motifs is 1. The lowest BCUT2D eigenvalue weighted by atomic mass is 9.90. The Morgan fingerprint density at radius 3 is 2.58 bits per heavy atom. The predicted molar refractivity (Wildman–Crippen MR) is 134 cm³/mol. The summed E-state index contributed by atoms with van der Waals surface area (Å²) in [7, 11) is 0. The molecule has 8 heteroatoms. The Balaban J connectivity index is 1.29. The van der Waals surface area contributed by atoms with Gasteiger partial charge in [0.05, 0.1) is 5.69 Å². The van der Waals surface area contributed by atoms with Crippen molar-refractivity contribution in [1.29, 1.82) is 0 Å². The number of hydrogen-bond donors (Lipinski definition) is 1. The summed E-state index contributed by atoms with van der Waals surface area (Å²) >= 11 is 7.89. The monoisotopic (exact) mass is 476 g/mol. The maximum atomic E-state index is 6.28. The van der Waals surface area contributed by atoms with Crippen molar-refractivity contribution in [2.45, 2.75) is 50.1 Å². The van der Waals surface area contributed by atoms with Gasteiger partial charge in [-0.2, -0.15) is 0 Å². The van der Waals surface area contributed by atoms with Gasteiger partial charge in [0.1, 0.15) is 0 Å². The van der Waals surface area contributed by atoms with Gasteiger partial charge < -0.3 is 5.32 Å². The normalized spacial score (nSPS) is 13.0. The molecule has 4 aromatic rings. The lowest BCUT2D eigenvalue weighted by Gasteiger charge is -2.16. The molecule has 5 rings (SSSR count). The molecule has 1 N–H and O–H groups in total. The summed E-state index contributed by atoms with van der Waals surface area (Å²) in [5.41, 5.74) is 5.98. The van der Waals surface area contributed by atoms with Crippen molar-refractivity contribution in [2.75, 3.05) is 5.32 Å². The van der Waals surface area contributed by atoms with Crippen LogP contribution in [0.15, 0.2) is 59.8 Å². The van der Waals surface area contributed by atoms with E-state index in [0.717, 1.165) is 45.7 Å². The molecule has 33 heavy (non-hydrogen) atoms. The third kappa shape index (κ3) is 4.89. The molecule has 0 aliphatic heterocycles. The van der Waals surface area contributed by atoms with E-state index in [9.17, 15) is 0 Å². The summed E-state index contributed by atoms with van der Waals surface area (Å²) in [4.78, 5) is 0. The third-order valence-electron chi connectivity index (χ3n) is 5.90. The molecule has 0 amide bonds. The first-order valence-corrected chi connectivity index (χ1v) is 12.6. The molecule has 0 atom stereocenters. The highest BCUT2D eigenvalue weighted by atomic mass is 35.5. The molecule has 2 aromatic heterocycles. The van der Waals surface area contributed by atoms with Gasteiger partial charge in [0.15, 0.2) is 11.0 Å². The minimum absolute atomic E-state index is 0.640. The molecule has 0 saturated carbocycles. The van der Waals surface area contributed by atoms with Gasteiger partial charge in [-0.3, -0.25) is 4.57 Å². The quantitative estimate of drug-likeness (QED) is 0.314. The molecular weight excluding hydrogens is 452 g/mol. The summed E-state index contributed by atoms with van der Waals surface area (Å²) in [6.45, 7) is 2.81. The van der Waals surface area contributed by atoms with Gasteiger partial charge in [0.25, 0.3) is 0 Å². The van der Waals surface area contributed by atoms with Crippen LogP contribution in [0.2, 0.25) is 5.02 Å². The fraction of sp³-hybridized carbons (Fsp3) is 0.280. The number of nitrogens with one attached hydrogen (secondary N) is 1. The van der Waals surface area contributed by atoms with Gasteiger partial charge in [-0.05, 0) is 73.6 Å². The number of thioether (sulfide) groups is 1. The molecule has 6 nitrogen and oxygen atoms in total. The number of hydrogen-bond acceptors (Lipinski definition) is 6. The molecule has 0 fully saturated rings. The number of nitrogens with zero attached hydrogens (tertiary/aromatic N) is 5. The first-order valence-electron chi connectivity index (χ1n) is 11.2. The van der Waals surface area contributed by atoms with Crippen LogP contribution in [0, 0.1) is 0 Å². The van der Waals surface area contributed by atoms with Crippen LogP contribution < -0.4 is 5.32 Å². The average molecular weight is 477 g/mol. The maximum Gasteiger partial charge on any atom is 0.230 e. The van der Waals surface area contributed by atoms with E-state index in [1.807, 2.05) is 41.0 Å². The number of halogens is 1. The van der Waals surface area contributed by atoms with E-state index >= 15 is 0 Å². The Bertz CT molecular complexity index is 1250. The lowest BCUT2D eigenvalue weighted by molar-refractivity contribution is 0.686. The highest BCUT2D eigenvalue weighted by molar-refractivity contribution is 7.98. The maximum absolute atomic E-state index is 6.28. The van der Waals surface area contributed by atoms with Crippen LogP contribution in [-0.2, 0) is 25.1 Å². The average Bonchev–Trinajstić information content (AvgIpc) is 3.25. The Morgan fingerprint density at radius 2 is 1.79 bits per heavy atom.